The maximum Gasteiger partial charge on any atom is 0.165 e. The Morgan fingerprint density at radius 1 is 1.35 bits per heavy atom. The minimum atomic E-state index is -0.528. The summed E-state index contributed by atoms with van der Waals surface area (Å²) >= 11 is 0. The van der Waals surface area contributed by atoms with Crippen molar-refractivity contribution in [1.29, 1.82) is 0 Å². The van der Waals surface area contributed by atoms with E-state index in [1.165, 1.54) is 18.9 Å². The lowest BCUT2D eigenvalue weighted by Gasteiger charge is -2.36. The van der Waals surface area contributed by atoms with Gasteiger partial charge in [0, 0.05) is 24.7 Å². The van der Waals surface area contributed by atoms with Crippen LogP contribution in [0.15, 0.2) is 18.2 Å². The Morgan fingerprint density at radius 3 is 2.88 bits per heavy atom. The summed E-state index contributed by atoms with van der Waals surface area (Å²) in [4.78, 5) is 2.32. The lowest BCUT2D eigenvalue weighted by molar-refractivity contribution is 0.116. The zero-order chi connectivity index (χ0) is 12.4. The van der Waals surface area contributed by atoms with Gasteiger partial charge in [-0.25, -0.2) is 4.39 Å². The molecule has 2 nitrogen and oxygen atoms in total. The second-order valence-corrected chi connectivity index (χ2v) is 5.21. The molecule has 1 aromatic rings. The van der Waals surface area contributed by atoms with Crippen molar-refractivity contribution >= 4 is 0 Å². The molecule has 1 heterocycles. The fourth-order valence-corrected chi connectivity index (χ4v) is 2.51. The summed E-state index contributed by atoms with van der Waals surface area (Å²) in [5, 5.41) is 9.68. The van der Waals surface area contributed by atoms with Crippen LogP contribution in [0.1, 0.15) is 32.3 Å². The van der Waals surface area contributed by atoms with Crippen molar-refractivity contribution in [1.82, 2.24) is 4.90 Å². The van der Waals surface area contributed by atoms with Gasteiger partial charge >= 0.3 is 0 Å². The molecular formula is C14H20FNO. The Balaban J connectivity index is 2.11. The van der Waals surface area contributed by atoms with Crippen LogP contribution < -0.4 is 0 Å². The summed E-state index contributed by atoms with van der Waals surface area (Å²) in [7, 11) is 0. The average molecular weight is 237 g/mol. The number of rotatable bonds is 2. The maximum atomic E-state index is 13.2. The third-order valence-electron chi connectivity index (χ3n) is 3.69. The molecule has 3 heteroatoms. The summed E-state index contributed by atoms with van der Waals surface area (Å²) < 4.78 is 13.2. The van der Waals surface area contributed by atoms with Crippen LogP contribution >= 0.6 is 0 Å². The molecule has 0 saturated carbocycles. The molecule has 2 atom stereocenters. The average Bonchev–Trinajstić information content (AvgIpc) is 2.30. The number of hydrogen-bond donors (Lipinski definition) is 1. The van der Waals surface area contributed by atoms with Crippen LogP contribution in [0.5, 0.6) is 5.75 Å². The summed E-state index contributed by atoms with van der Waals surface area (Å²) in [6, 6.07) is 5.25. The van der Waals surface area contributed by atoms with Gasteiger partial charge in [0.25, 0.3) is 0 Å². The molecule has 94 valence electrons. The summed E-state index contributed by atoms with van der Waals surface area (Å²) in [5.41, 5.74) is 0.686. The number of phenolic OH excluding ortho intramolecular Hbond substituents is 1. The van der Waals surface area contributed by atoms with Crippen LogP contribution in [0.25, 0.3) is 0 Å². The highest BCUT2D eigenvalue weighted by molar-refractivity contribution is 5.33. The number of para-hydroxylation sites is 1. The third-order valence-corrected chi connectivity index (χ3v) is 3.69. The first-order valence-electron chi connectivity index (χ1n) is 6.28. The van der Waals surface area contributed by atoms with Gasteiger partial charge in [0.15, 0.2) is 11.6 Å². The largest absolute Gasteiger partial charge is 0.505 e. The summed E-state index contributed by atoms with van der Waals surface area (Å²) in [6.45, 7) is 6.10. The van der Waals surface area contributed by atoms with Gasteiger partial charge in [-0.1, -0.05) is 19.1 Å². The molecule has 1 aliphatic rings. The molecule has 1 aromatic carbocycles. The molecule has 0 aliphatic carbocycles. The molecule has 2 unspecified atom stereocenters. The molecule has 1 saturated heterocycles. The smallest absolute Gasteiger partial charge is 0.165 e. The Labute approximate surface area is 102 Å². The zero-order valence-corrected chi connectivity index (χ0v) is 10.5. The van der Waals surface area contributed by atoms with Crippen LogP contribution in [0.3, 0.4) is 0 Å². The quantitative estimate of drug-likeness (QED) is 0.854. The van der Waals surface area contributed by atoms with E-state index in [1.807, 2.05) is 0 Å². The Hall–Kier alpha value is -1.09. The fraction of sp³-hybridized carbons (Fsp3) is 0.571. The number of likely N-dealkylation sites (tertiary alicyclic amines) is 1. The van der Waals surface area contributed by atoms with Crippen LogP contribution in [0.4, 0.5) is 4.39 Å². The lowest BCUT2D eigenvalue weighted by atomic mass is 9.94. The van der Waals surface area contributed by atoms with Crippen molar-refractivity contribution in [3.05, 3.63) is 29.6 Å². The van der Waals surface area contributed by atoms with Crippen molar-refractivity contribution in [3.63, 3.8) is 0 Å². The number of aromatic hydroxyl groups is 1. The number of halogens is 1. The van der Waals surface area contributed by atoms with Crippen LogP contribution in [-0.2, 0) is 6.54 Å². The SMILES string of the molecule is CC1CCC(C)N(Cc2cccc(F)c2O)C1. The zero-order valence-electron chi connectivity index (χ0n) is 10.5. The van der Waals surface area contributed by atoms with E-state index >= 15 is 0 Å². The van der Waals surface area contributed by atoms with Crippen molar-refractivity contribution in [2.75, 3.05) is 6.54 Å². The number of nitrogens with zero attached hydrogens (tertiary/aromatic N) is 1. The topological polar surface area (TPSA) is 23.5 Å². The van der Waals surface area contributed by atoms with Gasteiger partial charge in [0.05, 0.1) is 0 Å². The predicted molar refractivity (Wildman–Crippen MR) is 66.3 cm³/mol. The number of piperidine rings is 1. The van der Waals surface area contributed by atoms with E-state index in [4.69, 9.17) is 0 Å². The van der Waals surface area contributed by atoms with Crippen LogP contribution in [-0.4, -0.2) is 22.6 Å². The van der Waals surface area contributed by atoms with Gasteiger partial charge in [-0.2, -0.15) is 0 Å². The molecule has 1 N–H and O–H groups in total. The number of hydrogen-bond acceptors (Lipinski definition) is 2. The number of phenols is 1. The van der Waals surface area contributed by atoms with Crippen LogP contribution in [0.2, 0.25) is 0 Å². The highest BCUT2D eigenvalue weighted by atomic mass is 19.1. The van der Waals surface area contributed by atoms with Gasteiger partial charge in [0.2, 0.25) is 0 Å². The Kier molecular flexibility index (Phi) is 3.67. The third kappa shape index (κ3) is 2.78. The van der Waals surface area contributed by atoms with Gasteiger partial charge in [-0.3, -0.25) is 4.90 Å². The fourth-order valence-electron chi connectivity index (χ4n) is 2.51. The summed E-state index contributed by atoms with van der Waals surface area (Å²) in [6.07, 6.45) is 2.43. The maximum absolute atomic E-state index is 13.2. The minimum absolute atomic E-state index is 0.196. The molecule has 17 heavy (non-hydrogen) atoms. The van der Waals surface area contributed by atoms with Crippen LogP contribution in [0, 0.1) is 11.7 Å². The molecule has 0 spiro atoms. The van der Waals surface area contributed by atoms with Gasteiger partial charge in [-0.15, -0.1) is 0 Å². The lowest BCUT2D eigenvalue weighted by Crippen LogP contribution is -2.40. The molecule has 1 fully saturated rings. The first-order valence-corrected chi connectivity index (χ1v) is 6.28. The van der Waals surface area contributed by atoms with E-state index in [0.717, 1.165) is 6.54 Å². The standard InChI is InChI=1S/C14H20FNO/c1-10-6-7-11(2)16(8-10)9-12-4-3-5-13(15)14(12)17/h3-5,10-11,17H,6-9H2,1-2H3. The van der Waals surface area contributed by atoms with Gasteiger partial charge in [-0.05, 0) is 31.7 Å². The Morgan fingerprint density at radius 2 is 2.12 bits per heavy atom. The first kappa shape index (κ1) is 12.4. The van der Waals surface area contributed by atoms with E-state index in [-0.39, 0.29) is 5.75 Å². The van der Waals surface area contributed by atoms with Crippen molar-refractivity contribution in [2.24, 2.45) is 5.92 Å². The van der Waals surface area contributed by atoms with E-state index in [1.54, 1.807) is 12.1 Å². The second-order valence-electron chi connectivity index (χ2n) is 5.21. The Bertz CT molecular complexity index is 394. The second kappa shape index (κ2) is 5.05. The van der Waals surface area contributed by atoms with Crippen molar-refractivity contribution in [2.45, 2.75) is 39.3 Å². The first-order chi connectivity index (χ1) is 8.08. The van der Waals surface area contributed by atoms with Crippen molar-refractivity contribution in [3.8, 4) is 5.75 Å². The molecular weight excluding hydrogens is 217 g/mol. The predicted octanol–water partition coefficient (Wildman–Crippen LogP) is 3.15. The molecule has 0 radical (unpaired) electrons. The van der Waals surface area contributed by atoms with Crippen molar-refractivity contribution < 1.29 is 9.50 Å². The number of benzene rings is 1. The monoisotopic (exact) mass is 237 g/mol. The highest BCUT2D eigenvalue weighted by Crippen LogP contribution is 2.27. The highest BCUT2D eigenvalue weighted by Gasteiger charge is 2.23. The minimum Gasteiger partial charge on any atom is -0.505 e. The molecule has 1 aliphatic heterocycles. The molecule has 0 aromatic heterocycles. The summed E-state index contributed by atoms with van der Waals surface area (Å²) in [5.74, 6) is -0.0416. The van der Waals surface area contributed by atoms with E-state index < -0.39 is 5.82 Å². The van der Waals surface area contributed by atoms with Gasteiger partial charge in [0.1, 0.15) is 0 Å². The van der Waals surface area contributed by atoms with E-state index in [2.05, 4.69) is 18.7 Å². The molecule has 0 bridgehead atoms. The van der Waals surface area contributed by atoms with E-state index in [9.17, 15) is 9.50 Å². The van der Waals surface area contributed by atoms with Gasteiger partial charge < -0.3 is 5.11 Å². The normalized spacial score (nSPS) is 26.1. The molecule has 0 amide bonds. The molecule has 2 rings (SSSR count). The van der Waals surface area contributed by atoms with E-state index in [0.29, 0.717) is 24.1 Å².